The van der Waals surface area contributed by atoms with Crippen molar-refractivity contribution in [3.63, 3.8) is 0 Å². The molecule has 1 aromatic carbocycles. The molecule has 2 heterocycles. The standard InChI is InChI=1S/C20H24N2O4S/c23-20(26-16-6-7-17-11-13-21-14-12-17)19-10-4-5-15-22(19)27(24,25)18-8-2-1-3-9-18/h1-3,8-9,11-14,19H,4-7,10,15-16H2. The van der Waals surface area contributed by atoms with Crippen LogP contribution < -0.4 is 0 Å². The van der Waals surface area contributed by atoms with E-state index in [4.69, 9.17) is 4.74 Å². The molecule has 1 saturated heterocycles. The van der Waals surface area contributed by atoms with Gasteiger partial charge in [-0.15, -0.1) is 0 Å². The molecule has 0 radical (unpaired) electrons. The maximum Gasteiger partial charge on any atom is 0.324 e. The molecule has 1 aliphatic rings. The highest BCUT2D eigenvalue weighted by atomic mass is 32.2. The minimum Gasteiger partial charge on any atom is -0.464 e. The van der Waals surface area contributed by atoms with Crippen LogP contribution in [-0.4, -0.2) is 42.9 Å². The van der Waals surface area contributed by atoms with Gasteiger partial charge in [-0.25, -0.2) is 8.42 Å². The number of hydrogen-bond donors (Lipinski definition) is 0. The zero-order chi connectivity index (χ0) is 19.1. The minimum atomic E-state index is -3.70. The highest BCUT2D eigenvalue weighted by Crippen LogP contribution is 2.26. The van der Waals surface area contributed by atoms with E-state index in [1.54, 1.807) is 42.7 Å². The molecule has 6 nitrogen and oxygen atoms in total. The lowest BCUT2D eigenvalue weighted by Gasteiger charge is -2.33. The van der Waals surface area contributed by atoms with E-state index in [2.05, 4.69) is 4.98 Å². The SMILES string of the molecule is O=C(OCCCc1ccncc1)C1CCCCN1S(=O)(=O)c1ccccc1. The number of pyridine rings is 1. The second-order valence-electron chi connectivity index (χ2n) is 6.57. The Hall–Kier alpha value is -2.25. The molecule has 2 aromatic rings. The normalized spacial score (nSPS) is 18.1. The Bertz CT molecular complexity index is 841. The molecule has 1 atom stereocenters. The number of esters is 1. The molecular formula is C20H24N2O4S. The first-order chi connectivity index (χ1) is 13.1. The molecule has 1 aromatic heterocycles. The van der Waals surface area contributed by atoms with Gasteiger partial charge >= 0.3 is 5.97 Å². The van der Waals surface area contributed by atoms with Crippen LogP contribution in [0.4, 0.5) is 0 Å². The van der Waals surface area contributed by atoms with E-state index in [-0.39, 0.29) is 11.5 Å². The van der Waals surface area contributed by atoms with Crippen molar-refractivity contribution < 1.29 is 17.9 Å². The molecule has 7 heteroatoms. The molecule has 0 bridgehead atoms. The van der Waals surface area contributed by atoms with Crippen LogP contribution in [0.3, 0.4) is 0 Å². The van der Waals surface area contributed by atoms with Crippen molar-refractivity contribution in [3.05, 3.63) is 60.4 Å². The van der Waals surface area contributed by atoms with Crippen molar-refractivity contribution in [2.75, 3.05) is 13.2 Å². The maximum absolute atomic E-state index is 12.9. The number of rotatable bonds is 7. The topological polar surface area (TPSA) is 76.6 Å². The molecule has 3 rings (SSSR count). The zero-order valence-corrected chi connectivity index (χ0v) is 16.0. The molecule has 1 fully saturated rings. The molecule has 144 valence electrons. The van der Waals surface area contributed by atoms with Gasteiger partial charge in [0.25, 0.3) is 0 Å². The van der Waals surface area contributed by atoms with Crippen LogP contribution in [0.1, 0.15) is 31.2 Å². The number of benzene rings is 1. The number of aromatic nitrogens is 1. The third-order valence-electron chi connectivity index (χ3n) is 4.68. The summed E-state index contributed by atoms with van der Waals surface area (Å²) in [4.78, 5) is 16.7. The molecular weight excluding hydrogens is 364 g/mol. The molecule has 0 spiro atoms. The fourth-order valence-corrected chi connectivity index (χ4v) is 4.92. The lowest BCUT2D eigenvalue weighted by atomic mass is 10.1. The average Bonchev–Trinajstić information content (AvgIpc) is 2.72. The van der Waals surface area contributed by atoms with Crippen LogP contribution in [0, 0.1) is 0 Å². The summed E-state index contributed by atoms with van der Waals surface area (Å²) in [7, 11) is -3.70. The molecule has 27 heavy (non-hydrogen) atoms. The summed E-state index contributed by atoms with van der Waals surface area (Å²) in [6.45, 7) is 0.616. The number of carbonyl (C=O) groups excluding carboxylic acids is 1. The van der Waals surface area contributed by atoms with Gasteiger partial charge in [0.15, 0.2) is 0 Å². The Morgan fingerprint density at radius 2 is 1.85 bits per heavy atom. The third-order valence-corrected chi connectivity index (χ3v) is 6.60. The fraction of sp³-hybridized carbons (Fsp3) is 0.400. The summed E-state index contributed by atoms with van der Waals surface area (Å²) in [5, 5.41) is 0. The summed E-state index contributed by atoms with van der Waals surface area (Å²) >= 11 is 0. The highest BCUT2D eigenvalue weighted by molar-refractivity contribution is 7.89. The van der Waals surface area contributed by atoms with E-state index >= 15 is 0 Å². The van der Waals surface area contributed by atoms with Crippen molar-refractivity contribution in [3.8, 4) is 0 Å². The maximum atomic E-state index is 12.9. The fourth-order valence-electron chi connectivity index (χ4n) is 3.25. The first-order valence-corrected chi connectivity index (χ1v) is 10.7. The number of sulfonamides is 1. The zero-order valence-electron chi connectivity index (χ0n) is 15.2. The molecule has 0 aliphatic carbocycles. The van der Waals surface area contributed by atoms with Crippen LogP contribution in [0.2, 0.25) is 0 Å². The Morgan fingerprint density at radius 3 is 2.59 bits per heavy atom. The molecule has 0 amide bonds. The third kappa shape index (κ3) is 4.93. The lowest BCUT2D eigenvalue weighted by molar-refractivity contribution is -0.149. The second kappa shape index (κ2) is 9.10. The van der Waals surface area contributed by atoms with Crippen molar-refractivity contribution in [2.24, 2.45) is 0 Å². The van der Waals surface area contributed by atoms with E-state index in [9.17, 15) is 13.2 Å². The van der Waals surface area contributed by atoms with Crippen LogP contribution in [-0.2, 0) is 26.0 Å². The molecule has 1 aliphatic heterocycles. The first-order valence-electron chi connectivity index (χ1n) is 9.21. The summed E-state index contributed by atoms with van der Waals surface area (Å²) in [6, 6.07) is 11.4. The van der Waals surface area contributed by atoms with Gasteiger partial charge in [0.2, 0.25) is 10.0 Å². The van der Waals surface area contributed by atoms with Crippen LogP contribution in [0.15, 0.2) is 59.8 Å². The molecule has 1 unspecified atom stereocenters. The van der Waals surface area contributed by atoms with Gasteiger partial charge in [-0.1, -0.05) is 18.2 Å². The monoisotopic (exact) mass is 388 g/mol. The number of hydrogen-bond acceptors (Lipinski definition) is 5. The van der Waals surface area contributed by atoms with E-state index < -0.39 is 22.0 Å². The van der Waals surface area contributed by atoms with Crippen LogP contribution in [0.25, 0.3) is 0 Å². The van der Waals surface area contributed by atoms with E-state index in [0.717, 1.165) is 24.8 Å². The molecule has 0 saturated carbocycles. The number of aryl methyl sites for hydroxylation is 1. The van der Waals surface area contributed by atoms with Gasteiger partial charge in [-0.3, -0.25) is 9.78 Å². The Labute approximate surface area is 160 Å². The Kier molecular flexibility index (Phi) is 6.58. The van der Waals surface area contributed by atoms with Gasteiger partial charge in [-0.2, -0.15) is 4.31 Å². The van der Waals surface area contributed by atoms with Crippen molar-refractivity contribution in [2.45, 2.75) is 43.0 Å². The number of ether oxygens (including phenoxy) is 1. The van der Waals surface area contributed by atoms with Gasteiger partial charge in [0.05, 0.1) is 11.5 Å². The minimum absolute atomic E-state index is 0.211. The van der Waals surface area contributed by atoms with E-state index in [0.29, 0.717) is 19.4 Å². The smallest absolute Gasteiger partial charge is 0.324 e. The summed E-state index contributed by atoms with van der Waals surface area (Å²) in [5.74, 6) is -0.455. The Balaban J connectivity index is 1.60. The quantitative estimate of drug-likeness (QED) is 0.538. The summed E-state index contributed by atoms with van der Waals surface area (Å²) in [6.07, 6.45) is 7.00. The van der Waals surface area contributed by atoms with Gasteiger partial charge in [0, 0.05) is 18.9 Å². The van der Waals surface area contributed by atoms with Crippen molar-refractivity contribution in [1.82, 2.24) is 9.29 Å². The summed E-state index contributed by atoms with van der Waals surface area (Å²) in [5.41, 5.74) is 1.13. The van der Waals surface area contributed by atoms with Gasteiger partial charge in [-0.05, 0) is 61.9 Å². The van der Waals surface area contributed by atoms with Gasteiger partial charge < -0.3 is 4.74 Å². The number of piperidine rings is 1. The van der Waals surface area contributed by atoms with E-state index in [1.165, 1.54) is 4.31 Å². The predicted molar refractivity (Wildman–Crippen MR) is 101 cm³/mol. The predicted octanol–water partition coefficient (Wildman–Crippen LogP) is 2.80. The second-order valence-corrected chi connectivity index (χ2v) is 8.46. The van der Waals surface area contributed by atoms with E-state index in [1.807, 2.05) is 12.1 Å². The van der Waals surface area contributed by atoms with Crippen molar-refractivity contribution in [1.29, 1.82) is 0 Å². The van der Waals surface area contributed by atoms with Crippen LogP contribution >= 0.6 is 0 Å². The van der Waals surface area contributed by atoms with Gasteiger partial charge in [0.1, 0.15) is 6.04 Å². The van der Waals surface area contributed by atoms with Crippen molar-refractivity contribution >= 4 is 16.0 Å². The summed E-state index contributed by atoms with van der Waals surface area (Å²) < 4.78 is 32.6. The first kappa shape index (κ1) is 19.5. The number of carbonyl (C=O) groups is 1. The average molecular weight is 388 g/mol. The Morgan fingerprint density at radius 1 is 1.11 bits per heavy atom. The van der Waals surface area contributed by atoms with Crippen LogP contribution in [0.5, 0.6) is 0 Å². The highest BCUT2D eigenvalue weighted by Gasteiger charge is 2.38. The lowest BCUT2D eigenvalue weighted by Crippen LogP contribution is -2.48. The largest absolute Gasteiger partial charge is 0.464 e. The molecule has 0 N–H and O–H groups in total. The number of nitrogens with zero attached hydrogens (tertiary/aromatic N) is 2.